The van der Waals surface area contributed by atoms with Gasteiger partial charge in [-0.2, -0.15) is 0 Å². The Morgan fingerprint density at radius 1 is 1.30 bits per heavy atom. The molecule has 0 amide bonds. The average molecular weight is 389 g/mol. The first-order valence-electron chi connectivity index (χ1n) is 9.27. The van der Waals surface area contributed by atoms with Crippen LogP contribution in [-0.2, 0) is 0 Å². The number of rotatable bonds is 1. The number of hydrogen-bond donors (Lipinski definition) is 2. The van der Waals surface area contributed by atoms with E-state index in [0.717, 1.165) is 37.2 Å². The summed E-state index contributed by atoms with van der Waals surface area (Å²) in [4.78, 5) is 25.7. The van der Waals surface area contributed by atoms with E-state index in [1.807, 2.05) is 11.5 Å². The lowest BCUT2D eigenvalue weighted by atomic mass is 9.81. The Labute approximate surface area is 157 Å². The predicted molar refractivity (Wildman–Crippen MR) is 104 cm³/mol. The van der Waals surface area contributed by atoms with Crippen molar-refractivity contribution in [2.24, 2.45) is 5.73 Å². The van der Waals surface area contributed by atoms with Gasteiger partial charge in [-0.15, -0.1) is 0 Å². The van der Waals surface area contributed by atoms with Gasteiger partial charge < -0.3 is 15.0 Å². The fourth-order valence-electron chi connectivity index (χ4n) is 4.58. The molecule has 2 aromatic heterocycles. The van der Waals surface area contributed by atoms with Crippen LogP contribution in [-0.4, -0.2) is 21.6 Å². The molecule has 3 aromatic rings. The number of fused-ring (bicyclic) bond motifs is 2. The summed E-state index contributed by atoms with van der Waals surface area (Å²) in [7, 11) is 0. The number of nitrogens with one attached hydrogen (secondary N) is 1. The molecule has 142 valence electrons. The quantitative estimate of drug-likeness (QED) is 0.669. The van der Waals surface area contributed by atoms with Crippen molar-refractivity contribution in [3.63, 3.8) is 0 Å². The summed E-state index contributed by atoms with van der Waals surface area (Å²) in [6.07, 6.45) is 3.31. The summed E-state index contributed by atoms with van der Waals surface area (Å²) in [5.74, 6) is 0.0624. The molecule has 1 aliphatic heterocycles. The molecule has 1 aromatic carbocycles. The van der Waals surface area contributed by atoms with Gasteiger partial charge in [0.1, 0.15) is 28.4 Å². The van der Waals surface area contributed by atoms with E-state index in [1.54, 1.807) is 0 Å². The second-order valence-electron chi connectivity index (χ2n) is 7.68. The molecule has 1 saturated carbocycles. The first-order valence-corrected chi connectivity index (χ1v) is 10.1. The molecule has 8 heteroatoms. The summed E-state index contributed by atoms with van der Waals surface area (Å²) >= 11 is 1.15. The zero-order valence-electron chi connectivity index (χ0n) is 14.9. The van der Waals surface area contributed by atoms with Gasteiger partial charge in [-0.1, -0.05) is 0 Å². The molecule has 0 radical (unpaired) electrons. The van der Waals surface area contributed by atoms with Crippen molar-refractivity contribution >= 4 is 32.7 Å². The van der Waals surface area contributed by atoms with Crippen molar-refractivity contribution < 1.29 is 9.13 Å². The molecular weight excluding hydrogens is 369 g/mol. The normalized spacial score (nSPS) is 25.1. The van der Waals surface area contributed by atoms with Crippen LogP contribution in [0.1, 0.15) is 50.1 Å². The first-order chi connectivity index (χ1) is 13.0. The number of H-pyrrole nitrogens is 1. The Morgan fingerprint density at radius 3 is 2.78 bits per heavy atom. The summed E-state index contributed by atoms with van der Waals surface area (Å²) in [5.41, 5.74) is 6.31. The highest BCUT2D eigenvalue weighted by Gasteiger charge is 2.33. The van der Waals surface area contributed by atoms with E-state index in [9.17, 15) is 9.59 Å². The molecule has 0 bridgehead atoms. The number of aromatic nitrogens is 2. The van der Waals surface area contributed by atoms with Crippen molar-refractivity contribution in [2.45, 2.75) is 50.6 Å². The second-order valence-corrected chi connectivity index (χ2v) is 8.48. The maximum absolute atomic E-state index is 15.2. The Morgan fingerprint density at radius 2 is 2.04 bits per heavy atom. The van der Waals surface area contributed by atoms with Crippen molar-refractivity contribution in [3.8, 4) is 5.75 Å². The fraction of sp³-hybridized carbons (Fsp3) is 0.474. The molecule has 3 N–H and O–H groups in total. The van der Waals surface area contributed by atoms with Gasteiger partial charge >= 0.3 is 0 Å². The third-order valence-corrected chi connectivity index (χ3v) is 6.83. The minimum Gasteiger partial charge on any atom is -0.489 e. The van der Waals surface area contributed by atoms with E-state index in [-0.39, 0.29) is 28.8 Å². The van der Waals surface area contributed by atoms with Crippen molar-refractivity contribution in [3.05, 3.63) is 38.0 Å². The summed E-state index contributed by atoms with van der Waals surface area (Å²) in [5, 5.41) is 0.310. The largest absolute Gasteiger partial charge is 0.489 e. The predicted octanol–water partition coefficient (Wildman–Crippen LogP) is 2.98. The van der Waals surface area contributed by atoms with Crippen LogP contribution in [0.5, 0.6) is 5.75 Å². The lowest BCUT2D eigenvalue weighted by Crippen LogP contribution is -2.28. The van der Waals surface area contributed by atoms with Gasteiger partial charge in [-0.3, -0.25) is 14.0 Å². The Hall–Kier alpha value is -2.19. The van der Waals surface area contributed by atoms with Gasteiger partial charge in [0, 0.05) is 11.6 Å². The topological polar surface area (TPSA) is 90.1 Å². The number of hydrogen-bond acceptors (Lipinski definition) is 5. The van der Waals surface area contributed by atoms with Crippen LogP contribution in [0.25, 0.3) is 21.1 Å². The molecule has 0 saturated heterocycles. The van der Waals surface area contributed by atoms with Crippen LogP contribution in [0.2, 0.25) is 0 Å². The third kappa shape index (κ3) is 2.32. The van der Waals surface area contributed by atoms with Gasteiger partial charge in [0.2, 0.25) is 5.43 Å². The van der Waals surface area contributed by atoms with E-state index in [4.69, 9.17) is 10.5 Å². The number of halogens is 1. The highest BCUT2D eigenvalue weighted by Crippen LogP contribution is 2.45. The van der Waals surface area contributed by atoms with Gasteiger partial charge in [0.25, 0.3) is 5.56 Å². The van der Waals surface area contributed by atoms with E-state index < -0.39 is 16.8 Å². The van der Waals surface area contributed by atoms with Crippen molar-refractivity contribution in [1.82, 2.24) is 8.94 Å². The van der Waals surface area contributed by atoms with Crippen LogP contribution < -0.4 is 21.5 Å². The van der Waals surface area contributed by atoms with Gasteiger partial charge in [-0.25, -0.2) is 4.39 Å². The van der Waals surface area contributed by atoms with Crippen LogP contribution in [0.3, 0.4) is 0 Å². The average Bonchev–Trinajstić information content (AvgIpc) is 3.03. The molecule has 1 fully saturated rings. The molecular formula is C19H20FN3O3S. The first kappa shape index (κ1) is 16.9. The smallest absolute Gasteiger partial charge is 0.271 e. The van der Waals surface area contributed by atoms with Crippen LogP contribution >= 0.6 is 11.5 Å². The van der Waals surface area contributed by atoms with Gasteiger partial charge in [-0.05, 0) is 56.1 Å². The van der Waals surface area contributed by atoms with Crippen LogP contribution in [0.15, 0.2) is 15.7 Å². The third-order valence-electron chi connectivity index (χ3n) is 5.95. The molecule has 2 aliphatic rings. The summed E-state index contributed by atoms with van der Waals surface area (Å²) < 4.78 is 25.8. The van der Waals surface area contributed by atoms with E-state index in [2.05, 4.69) is 4.37 Å². The number of nitrogens with two attached hydrogens (primary N) is 1. The van der Waals surface area contributed by atoms with E-state index in [0.29, 0.717) is 28.3 Å². The van der Waals surface area contributed by atoms with Crippen molar-refractivity contribution in [2.75, 3.05) is 6.61 Å². The number of ether oxygens (including phenoxy) is 1. The lowest BCUT2D eigenvalue weighted by molar-refractivity contribution is 0.243. The highest BCUT2D eigenvalue weighted by atomic mass is 32.1. The zero-order valence-corrected chi connectivity index (χ0v) is 15.7. The number of pyridine rings is 1. The summed E-state index contributed by atoms with van der Waals surface area (Å²) in [6.45, 7) is 2.34. The number of benzene rings is 1. The highest BCUT2D eigenvalue weighted by molar-refractivity contribution is 7.12. The minimum atomic E-state index is -0.436. The Bertz CT molecular complexity index is 1190. The SMILES string of the molecule is CC1COc2c(C3CCC(N)CC3)c(F)cc3c(=O)c4c(=O)[nH]sc4n1c23. The molecule has 5 rings (SSSR count). The minimum absolute atomic E-state index is 0.0295. The molecule has 0 spiro atoms. The molecule has 6 nitrogen and oxygen atoms in total. The van der Waals surface area contributed by atoms with Crippen LogP contribution in [0, 0.1) is 5.82 Å². The van der Waals surface area contributed by atoms with E-state index in [1.165, 1.54) is 6.07 Å². The summed E-state index contributed by atoms with van der Waals surface area (Å²) in [6, 6.07) is 1.39. The second kappa shape index (κ2) is 5.90. The molecule has 3 heterocycles. The van der Waals surface area contributed by atoms with Gasteiger partial charge in [0.05, 0.1) is 16.9 Å². The molecule has 1 atom stereocenters. The molecule has 1 aliphatic carbocycles. The van der Waals surface area contributed by atoms with Gasteiger partial charge in [0.15, 0.2) is 0 Å². The fourth-order valence-corrected chi connectivity index (χ4v) is 5.53. The van der Waals surface area contributed by atoms with E-state index >= 15 is 4.39 Å². The van der Waals surface area contributed by atoms with Crippen LogP contribution in [0.4, 0.5) is 4.39 Å². The maximum Gasteiger partial charge on any atom is 0.271 e. The number of aromatic amines is 1. The lowest BCUT2D eigenvalue weighted by Gasteiger charge is -2.32. The monoisotopic (exact) mass is 389 g/mol. The maximum atomic E-state index is 15.2. The molecule has 27 heavy (non-hydrogen) atoms. The zero-order chi connectivity index (χ0) is 18.9. The standard InChI is InChI=1S/C19H20FN3O3S/c1-8-7-26-17-13(9-2-4-10(21)5-3-9)12(20)6-11-15(17)23(8)19-14(16(11)24)18(25)22-27-19/h6,8-10H,2-5,7,21H2,1H3,(H,22,25). The Balaban J connectivity index is 1.89. The molecule has 1 unspecified atom stereocenters. The van der Waals surface area contributed by atoms with Crippen molar-refractivity contribution in [1.29, 1.82) is 0 Å². The Kier molecular flexibility index (Phi) is 3.70. The number of nitrogens with zero attached hydrogens (tertiary/aromatic N) is 1.